The second-order valence-corrected chi connectivity index (χ2v) is 9.16. The van der Waals surface area contributed by atoms with Gasteiger partial charge in [0.15, 0.2) is 9.84 Å². The molecule has 0 aliphatic carbocycles. The molecule has 178 valence electrons. The zero-order chi connectivity index (χ0) is 24.4. The van der Waals surface area contributed by atoms with Gasteiger partial charge in [0.1, 0.15) is 16.8 Å². The zero-order valence-electron chi connectivity index (χ0n) is 18.8. The van der Waals surface area contributed by atoms with Gasteiger partial charge in [0.2, 0.25) is 11.8 Å². The van der Waals surface area contributed by atoms with Gasteiger partial charge in [0, 0.05) is 5.69 Å². The van der Waals surface area contributed by atoms with E-state index in [9.17, 15) is 22.8 Å². The van der Waals surface area contributed by atoms with E-state index < -0.39 is 38.6 Å². The van der Waals surface area contributed by atoms with Crippen LogP contribution in [0.25, 0.3) is 0 Å². The van der Waals surface area contributed by atoms with Crippen molar-refractivity contribution in [3.8, 4) is 5.75 Å². The fourth-order valence-electron chi connectivity index (χ4n) is 3.08. The predicted molar refractivity (Wildman–Crippen MR) is 125 cm³/mol. The van der Waals surface area contributed by atoms with Gasteiger partial charge in [-0.1, -0.05) is 25.1 Å². The van der Waals surface area contributed by atoms with Crippen LogP contribution in [-0.4, -0.2) is 50.4 Å². The monoisotopic (exact) mass is 476 g/mol. The van der Waals surface area contributed by atoms with Gasteiger partial charge in [-0.05, 0) is 50.6 Å². The summed E-state index contributed by atoms with van der Waals surface area (Å²) in [7, 11) is -4.13. The summed E-state index contributed by atoms with van der Waals surface area (Å²) in [5, 5.41) is 3.58. The van der Waals surface area contributed by atoms with Crippen molar-refractivity contribution in [2.75, 3.05) is 29.6 Å². The Kier molecular flexibility index (Phi) is 9.41. The van der Waals surface area contributed by atoms with Crippen LogP contribution in [0.2, 0.25) is 0 Å². The van der Waals surface area contributed by atoms with Crippen molar-refractivity contribution < 1.29 is 32.3 Å². The van der Waals surface area contributed by atoms with E-state index in [0.717, 1.165) is 0 Å². The summed E-state index contributed by atoms with van der Waals surface area (Å²) in [6.45, 7) is 5.57. The Bertz CT molecular complexity index is 1100. The van der Waals surface area contributed by atoms with Crippen LogP contribution < -0.4 is 15.4 Å². The number of benzene rings is 2. The number of rotatable bonds is 11. The van der Waals surface area contributed by atoms with Crippen molar-refractivity contribution in [2.45, 2.75) is 32.4 Å². The Morgan fingerprint density at radius 2 is 1.67 bits per heavy atom. The van der Waals surface area contributed by atoms with Crippen molar-refractivity contribution in [1.82, 2.24) is 0 Å². The van der Waals surface area contributed by atoms with Crippen molar-refractivity contribution in [2.24, 2.45) is 0 Å². The summed E-state index contributed by atoms with van der Waals surface area (Å²) in [5.41, 5.74) is 0.806. The summed E-state index contributed by atoms with van der Waals surface area (Å²) < 4.78 is 36.0. The quantitative estimate of drug-likeness (QED) is 0.477. The van der Waals surface area contributed by atoms with Crippen LogP contribution in [0.3, 0.4) is 0 Å². The average Bonchev–Trinajstić information content (AvgIpc) is 2.75. The molecule has 1 unspecified atom stereocenters. The van der Waals surface area contributed by atoms with Crippen LogP contribution >= 0.6 is 0 Å². The van der Waals surface area contributed by atoms with Gasteiger partial charge in [0.05, 0.1) is 24.5 Å². The van der Waals surface area contributed by atoms with E-state index in [-0.39, 0.29) is 24.3 Å². The Morgan fingerprint density at radius 1 is 0.939 bits per heavy atom. The molecule has 2 amide bonds. The minimum absolute atomic E-state index is 0.0332. The molecule has 0 aliphatic rings. The molecule has 9 nitrogen and oxygen atoms in total. The molecular formula is C23H28N2O7S. The number of carbonyl (C=O) groups is 3. The second-order valence-electron chi connectivity index (χ2n) is 6.97. The lowest BCUT2D eigenvalue weighted by Crippen LogP contribution is -2.39. The Labute approximate surface area is 193 Å². The Morgan fingerprint density at radius 3 is 2.33 bits per heavy atom. The van der Waals surface area contributed by atoms with Gasteiger partial charge in [0.25, 0.3) is 0 Å². The fraction of sp³-hybridized carbons (Fsp3) is 0.348. The Hall–Kier alpha value is -3.40. The predicted octanol–water partition coefficient (Wildman–Crippen LogP) is 3.03. The van der Waals surface area contributed by atoms with E-state index in [4.69, 9.17) is 9.47 Å². The number of nitrogens with one attached hydrogen (secondary N) is 2. The highest BCUT2D eigenvalue weighted by molar-refractivity contribution is 7.93. The number of carbonyl (C=O) groups excluding carboxylic acids is 3. The molecule has 0 saturated carbocycles. The number of para-hydroxylation sites is 2. The van der Waals surface area contributed by atoms with Crippen molar-refractivity contribution in [1.29, 1.82) is 0 Å². The van der Waals surface area contributed by atoms with Crippen molar-refractivity contribution in [3.05, 3.63) is 54.1 Å². The first-order valence-electron chi connectivity index (χ1n) is 10.5. The largest absolute Gasteiger partial charge is 0.492 e. The molecular weight excluding hydrogens is 448 g/mol. The van der Waals surface area contributed by atoms with Crippen LogP contribution in [0.15, 0.2) is 48.5 Å². The van der Waals surface area contributed by atoms with Gasteiger partial charge in [-0.15, -0.1) is 0 Å². The van der Waals surface area contributed by atoms with E-state index in [0.29, 0.717) is 18.0 Å². The lowest BCUT2D eigenvalue weighted by atomic mass is 10.2. The summed E-state index contributed by atoms with van der Waals surface area (Å²) in [6.07, 6.45) is -0.0332. The molecule has 0 spiro atoms. The fourth-order valence-corrected chi connectivity index (χ4v) is 4.62. The van der Waals surface area contributed by atoms with E-state index >= 15 is 0 Å². The third kappa shape index (κ3) is 7.31. The number of sulfone groups is 1. The van der Waals surface area contributed by atoms with Crippen LogP contribution in [-0.2, 0) is 24.2 Å². The molecule has 2 aromatic rings. The number of anilines is 2. The van der Waals surface area contributed by atoms with E-state index in [1.165, 1.54) is 18.2 Å². The van der Waals surface area contributed by atoms with Gasteiger partial charge >= 0.3 is 5.97 Å². The lowest BCUT2D eigenvalue weighted by molar-refractivity contribution is -0.115. The smallest absolute Gasteiger partial charge is 0.338 e. The molecule has 10 heteroatoms. The van der Waals surface area contributed by atoms with Crippen molar-refractivity contribution >= 4 is 39.0 Å². The summed E-state index contributed by atoms with van der Waals surface area (Å²) in [4.78, 5) is 37.0. The molecule has 1 atom stereocenters. The molecule has 0 aliphatic heterocycles. The highest BCUT2D eigenvalue weighted by Crippen LogP contribution is 2.24. The highest BCUT2D eigenvalue weighted by Gasteiger charge is 2.33. The van der Waals surface area contributed by atoms with Crippen LogP contribution in [0.5, 0.6) is 5.75 Å². The van der Waals surface area contributed by atoms with Crippen molar-refractivity contribution in [3.63, 3.8) is 0 Å². The molecule has 2 N–H and O–H groups in total. The minimum atomic E-state index is -4.13. The summed E-state index contributed by atoms with van der Waals surface area (Å²) >= 11 is 0. The number of hydrogen-bond donors (Lipinski definition) is 2. The van der Waals surface area contributed by atoms with Gasteiger partial charge < -0.3 is 20.1 Å². The normalized spacial score (nSPS) is 11.8. The highest BCUT2D eigenvalue weighted by atomic mass is 32.2. The molecule has 0 saturated heterocycles. The third-order valence-corrected chi connectivity index (χ3v) is 6.61. The Balaban J connectivity index is 2.10. The SMILES string of the molecule is CCOC(=O)c1cccc(NC(=O)C(CC)S(=O)(=O)CC(=O)Nc2ccccc2OCC)c1. The van der Waals surface area contributed by atoms with E-state index in [1.54, 1.807) is 51.1 Å². The number of amides is 2. The molecule has 0 radical (unpaired) electrons. The molecule has 0 bridgehead atoms. The first kappa shape index (κ1) is 25.9. The molecule has 0 heterocycles. The minimum Gasteiger partial charge on any atom is -0.492 e. The number of esters is 1. The summed E-state index contributed by atoms with van der Waals surface area (Å²) in [5.74, 6) is -2.59. The van der Waals surface area contributed by atoms with Gasteiger partial charge in [-0.3, -0.25) is 9.59 Å². The third-order valence-electron chi connectivity index (χ3n) is 4.53. The molecule has 0 fully saturated rings. The van der Waals surface area contributed by atoms with Crippen LogP contribution in [0, 0.1) is 0 Å². The summed E-state index contributed by atoms with van der Waals surface area (Å²) in [6, 6.07) is 12.6. The van der Waals surface area contributed by atoms with E-state index in [2.05, 4.69) is 10.6 Å². The molecule has 2 aromatic carbocycles. The number of hydrogen-bond acceptors (Lipinski definition) is 7. The van der Waals surface area contributed by atoms with Gasteiger partial charge in [-0.2, -0.15) is 0 Å². The molecule has 33 heavy (non-hydrogen) atoms. The van der Waals surface area contributed by atoms with Crippen LogP contribution in [0.1, 0.15) is 37.6 Å². The number of ether oxygens (including phenoxy) is 2. The van der Waals surface area contributed by atoms with Crippen LogP contribution in [0.4, 0.5) is 11.4 Å². The standard InChI is InChI=1S/C23H28N2O7S/c1-4-20(22(27)24-17-11-9-10-16(14-17)23(28)32-6-3)33(29,30)15-21(26)25-18-12-7-8-13-19(18)31-5-2/h7-14,20H,4-6,15H2,1-3H3,(H,24,27)(H,25,26). The van der Waals surface area contributed by atoms with Gasteiger partial charge in [-0.25, -0.2) is 13.2 Å². The lowest BCUT2D eigenvalue weighted by Gasteiger charge is -2.17. The van der Waals surface area contributed by atoms with E-state index in [1.807, 2.05) is 0 Å². The molecule has 2 rings (SSSR count). The second kappa shape index (κ2) is 12.0. The molecule has 0 aromatic heterocycles. The topological polar surface area (TPSA) is 128 Å². The maximum absolute atomic E-state index is 12.8. The first-order valence-corrected chi connectivity index (χ1v) is 12.2. The average molecular weight is 477 g/mol. The first-order chi connectivity index (χ1) is 15.7. The zero-order valence-corrected chi connectivity index (χ0v) is 19.6. The maximum atomic E-state index is 12.8. The maximum Gasteiger partial charge on any atom is 0.338 e.